The van der Waals surface area contributed by atoms with E-state index in [2.05, 4.69) is 4.74 Å². The van der Waals surface area contributed by atoms with Gasteiger partial charge in [-0.25, -0.2) is 9.59 Å². The van der Waals surface area contributed by atoms with Gasteiger partial charge in [-0.3, -0.25) is 0 Å². The zero-order chi connectivity index (χ0) is 16.0. The van der Waals surface area contributed by atoms with Gasteiger partial charge in [-0.05, 0) is 20.8 Å². The summed E-state index contributed by atoms with van der Waals surface area (Å²) in [4.78, 5) is 22.3. The summed E-state index contributed by atoms with van der Waals surface area (Å²) < 4.78 is 46.2. The van der Waals surface area contributed by atoms with Crippen LogP contribution in [0.15, 0.2) is 12.2 Å². The van der Waals surface area contributed by atoms with Gasteiger partial charge in [0.05, 0.1) is 19.6 Å². The zero-order valence-corrected chi connectivity index (χ0v) is 11.7. The van der Waals surface area contributed by atoms with Crippen LogP contribution in [0, 0.1) is 0 Å². The Labute approximate surface area is 115 Å². The van der Waals surface area contributed by atoms with E-state index in [-0.39, 0.29) is 0 Å². The second kappa shape index (κ2) is 7.16. The summed E-state index contributed by atoms with van der Waals surface area (Å²) in [5, 5.41) is 2.03. The average Bonchev–Trinajstić information content (AvgIpc) is 2.20. The van der Waals surface area contributed by atoms with Crippen molar-refractivity contribution in [2.75, 3.05) is 7.11 Å². The van der Waals surface area contributed by atoms with Crippen LogP contribution in [0.3, 0.4) is 0 Å². The topological polar surface area (TPSA) is 64.6 Å². The van der Waals surface area contributed by atoms with Crippen LogP contribution in [0.4, 0.5) is 18.0 Å². The zero-order valence-electron chi connectivity index (χ0n) is 11.7. The molecule has 0 aromatic carbocycles. The van der Waals surface area contributed by atoms with Crippen molar-refractivity contribution in [1.82, 2.24) is 5.32 Å². The van der Waals surface area contributed by atoms with Crippen LogP contribution in [0.2, 0.25) is 0 Å². The van der Waals surface area contributed by atoms with Crippen LogP contribution in [-0.2, 0) is 14.3 Å². The molecule has 1 unspecified atom stereocenters. The second-order valence-electron chi connectivity index (χ2n) is 4.95. The number of halogens is 3. The fourth-order valence-corrected chi connectivity index (χ4v) is 1.14. The highest BCUT2D eigenvalue weighted by Gasteiger charge is 2.32. The molecule has 20 heavy (non-hydrogen) atoms. The normalized spacial score (nSPS) is 13.9. The van der Waals surface area contributed by atoms with Crippen LogP contribution in [-0.4, -0.2) is 37.0 Å². The molecule has 0 rings (SSSR count). The van der Waals surface area contributed by atoms with E-state index >= 15 is 0 Å². The molecule has 0 radical (unpaired) electrons. The first-order valence-electron chi connectivity index (χ1n) is 5.75. The first-order chi connectivity index (χ1) is 8.93. The fourth-order valence-electron chi connectivity index (χ4n) is 1.14. The molecule has 0 heterocycles. The number of esters is 1. The molecule has 1 atom stereocenters. The predicted octanol–water partition coefficient (Wildman–Crippen LogP) is 2.56. The lowest BCUT2D eigenvalue weighted by molar-refractivity contribution is -0.138. The summed E-state index contributed by atoms with van der Waals surface area (Å²) in [5.74, 6) is -0.817. The maximum Gasteiger partial charge on any atom is 0.408 e. The molecule has 0 aliphatic heterocycles. The van der Waals surface area contributed by atoms with Crippen molar-refractivity contribution in [2.45, 2.75) is 45.0 Å². The Morgan fingerprint density at radius 2 is 1.80 bits per heavy atom. The van der Waals surface area contributed by atoms with Gasteiger partial charge >= 0.3 is 18.2 Å². The van der Waals surface area contributed by atoms with Gasteiger partial charge in [0.1, 0.15) is 5.60 Å². The number of ether oxygens (including phenoxy) is 2. The van der Waals surface area contributed by atoms with Gasteiger partial charge in [-0.1, -0.05) is 6.08 Å². The summed E-state index contributed by atoms with van der Waals surface area (Å²) in [7, 11) is 1.09. The monoisotopic (exact) mass is 297 g/mol. The molecule has 0 aliphatic rings. The van der Waals surface area contributed by atoms with Crippen LogP contribution in [0.25, 0.3) is 0 Å². The Balaban J connectivity index is 4.73. The number of methoxy groups -OCH3 is 1. The number of rotatable bonds is 4. The Kier molecular flexibility index (Phi) is 6.54. The molecule has 0 saturated carbocycles. The number of hydrogen-bond donors (Lipinski definition) is 1. The lowest BCUT2D eigenvalue weighted by atomic mass is 10.2. The molecule has 116 valence electrons. The molecule has 0 aliphatic carbocycles. The van der Waals surface area contributed by atoms with E-state index in [4.69, 9.17) is 4.74 Å². The number of alkyl carbamates (subject to hydrolysis) is 1. The van der Waals surface area contributed by atoms with E-state index in [9.17, 15) is 22.8 Å². The molecular weight excluding hydrogens is 279 g/mol. The number of amides is 1. The summed E-state index contributed by atoms with van der Waals surface area (Å²) >= 11 is 0. The third-order valence-electron chi connectivity index (χ3n) is 1.82. The lowest BCUT2D eigenvalue weighted by Gasteiger charge is -2.22. The largest absolute Gasteiger partial charge is 0.466 e. The fraction of sp³-hybridized carbons (Fsp3) is 0.667. The number of carbonyl (C=O) groups is 2. The predicted molar refractivity (Wildman–Crippen MR) is 65.0 cm³/mol. The van der Waals surface area contributed by atoms with Crippen molar-refractivity contribution in [3.05, 3.63) is 12.2 Å². The molecule has 0 spiro atoms. The first kappa shape index (κ1) is 18.3. The third kappa shape index (κ3) is 10.2. The highest BCUT2D eigenvalue weighted by atomic mass is 19.4. The molecule has 0 bridgehead atoms. The highest BCUT2D eigenvalue weighted by molar-refractivity contribution is 5.82. The van der Waals surface area contributed by atoms with Crippen molar-refractivity contribution in [2.24, 2.45) is 0 Å². The van der Waals surface area contributed by atoms with Crippen LogP contribution >= 0.6 is 0 Å². The van der Waals surface area contributed by atoms with Crippen molar-refractivity contribution in [1.29, 1.82) is 0 Å². The number of hydrogen-bond acceptors (Lipinski definition) is 4. The Hall–Kier alpha value is -1.73. The summed E-state index contributed by atoms with van der Waals surface area (Å²) in [6.07, 6.45) is -5.10. The lowest BCUT2D eigenvalue weighted by Crippen LogP contribution is -2.40. The van der Waals surface area contributed by atoms with Crippen LogP contribution in [0.5, 0.6) is 0 Å². The maximum absolute atomic E-state index is 12.4. The Bertz CT molecular complexity index is 372. The van der Waals surface area contributed by atoms with Gasteiger partial charge in [-0.15, -0.1) is 0 Å². The molecule has 1 amide bonds. The SMILES string of the molecule is COC(=O)/C=C/C(CC(F)(F)F)NC(=O)OC(C)(C)C. The van der Waals surface area contributed by atoms with E-state index < -0.39 is 36.3 Å². The third-order valence-corrected chi connectivity index (χ3v) is 1.82. The molecule has 0 aromatic heterocycles. The number of carbonyl (C=O) groups excluding carboxylic acids is 2. The smallest absolute Gasteiger partial charge is 0.408 e. The van der Waals surface area contributed by atoms with Crippen molar-refractivity contribution >= 4 is 12.1 Å². The van der Waals surface area contributed by atoms with E-state index in [0.29, 0.717) is 0 Å². The molecule has 1 N–H and O–H groups in total. The Morgan fingerprint density at radius 1 is 1.25 bits per heavy atom. The quantitative estimate of drug-likeness (QED) is 0.640. The minimum Gasteiger partial charge on any atom is -0.466 e. The summed E-state index contributed by atoms with van der Waals surface area (Å²) in [6, 6.07) is -1.41. The Morgan fingerprint density at radius 3 is 2.20 bits per heavy atom. The highest BCUT2D eigenvalue weighted by Crippen LogP contribution is 2.22. The number of alkyl halides is 3. The number of nitrogens with one attached hydrogen (secondary N) is 1. The molecule has 0 saturated heterocycles. The van der Waals surface area contributed by atoms with Crippen LogP contribution < -0.4 is 5.32 Å². The second-order valence-corrected chi connectivity index (χ2v) is 4.95. The van der Waals surface area contributed by atoms with E-state index in [0.717, 1.165) is 19.3 Å². The minimum absolute atomic E-state index is 0.813. The van der Waals surface area contributed by atoms with E-state index in [1.165, 1.54) is 0 Å². The van der Waals surface area contributed by atoms with Crippen LogP contribution in [0.1, 0.15) is 27.2 Å². The van der Waals surface area contributed by atoms with Crippen molar-refractivity contribution < 1.29 is 32.2 Å². The van der Waals surface area contributed by atoms with Gasteiger partial charge in [0.25, 0.3) is 0 Å². The van der Waals surface area contributed by atoms with Crippen molar-refractivity contribution in [3.63, 3.8) is 0 Å². The van der Waals surface area contributed by atoms with Crippen molar-refractivity contribution in [3.8, 4) is 0 Å². The van der Waals surface area contributed by atoms with Gasteiger partial charge in [0.15, 0.2) is 0 Å². The minimum atomic E-state index is -4.50. The van der Waals surface area contributed by atoms with Gasteiger partial charge in [-0.2, -0.15) is 13.2 Å². The maximum atomic E-state index is 12.4. The standard InChI is InChI=1S/C12H18F3NO4/c1-11(2,3)20-10(18)16-8(7-12(13,14)15)5-6-9(17)19-4/h5-6,8H,7H2,1-4H3,(H,16,18)/b6-5+. The molecular formula is C12H18F3NO4. The molecule has 8 heteroatoms. The molecule has 5 nitrogen and oxygen atoms in total. The van der Waals surface area contributed by atoms with E-state index in [1.807, 2.05) is 5.32 Å². The molecule has 0 aromatic rings. The van der Waals surface area contributed by atoms with Gasteiger partial charge in [0.2, 0.25) is 0 Å². The van der Waals surface area contributed by atoms with Gasteiger partial charge < -0.3 is 14.8 Å². The summed E-state index contributed by atoms with van der Waals surface area (Å²) in [6.45, 7) is 4.74. The first-order valence-corrected chi connectivity index (χ1v) is 5.75. The van der Waals surface area contributed by atoms with Gasteiger partial charge in [0, 0.05) is 6.08 Å². The molecule has 0 fully saturated rings. The van der Waals surface area contributed by atoms with E-state index in [1.54, 1.807) is 20.8 Å². The summed E-state index contributed by atoms with van der Waals surface area (Å²) in [5.41, 5.74) is -0.834. The average molecular weight is 297 g/mol.